The molecule has 0 atom stereocenters. The summed E-state index contributed by atoms with van der Waals surface area (Å²) < 4.78 is 39.9. The molecule has 0 bridgehead atoms. The van der Waals surface area contributed by atoms with Gasteiger partial charge in [-0.25, -0.2) is 0 Å². The number of alkyl halides is 3. The van der Waals surface area contributed by atoms with Crippen LogP contribution in [-0.2, 0) is 6.18 Å². The molecule has 0 aliphatic heterocycles. The van der Waals surface area contributed by atoms with Crippen LogP contribution in [0.4, 0.5) is 18.3 Å². The number of halogens is 3. The van der Waals surface area contributed by atoms with Gasteiger partial charge in [-0.1, -0.05) is 0 Å². The fourth-order valence-corrected chi connectivity index (χ4v) is 2.18. The van der Waals surface area contributed by atoms with E-state index in [0.29, 0.717) is 24.5 Å². The van der Waals surface area contributed by atoms with Gasteiger partial charge < -0.3 is 10.4 Å². The number of anilines is 1. The summed E-state index contributed by atoms with van der Waals surface area (Å²) in [5.74, 6) is -1.10. The van der Waals surface area contributed by atoms with Crippen LogP contribution in [0, 0.1) is 5.41 Å². The fourth-order valence-electron chi connectivity index (χ4n) is 1.60. The summed E-state index contributed by atoms with van der Waals surface area (Å²) in [6, 6.07) is 0. The number of hydrogen-bond acceptors (Lipinski definition) is 5. The maximum atomic E-state index is 12.2. The van der Waals surface area contributed by atoms with E-state index in [1.807, 2.05) is 0 Å². The van der Waals surface area contributed by atoms with Crippen molar-refractivity contribution in [3.63, 3.8) is 0 Å². The molecule has 0 spiro atoms. The van der Waals surface area contributed by atoms with E-state index in [1.54, 1.807) is 0 Å². The highest BCUT2D eigenvalue weighted by atomic mass is 32.1. The third kappa shape index (κ3) is 3.06. The first-order chi connectivity index (χ1) is 7.95. The number of aromatic nitrogens is 2. The Labute approximate surface area is 100 Å². The second-order valence-electron chi connectivity index (χ2n) is 4.25. The van der Waals surface area contributed by atoms with Crippen molar-refractivity contribution in [1.82, 2.24) is 9.36 Å². The van der Waals surface area contributed by atoms with Crippen molar-refractivity contribution < 1.29 is 18.3 Å². The Morgan fingerprint density at radius 2 is 2.12 bits per heavy atom. The third-order valence-corrected chi connectivity index (χ3v) is 3.57. The molecule has 1 aromatic rings. The number of rotatable bonds is 5. The van der Waals surface area contributed by atoms with E-state index < -0.39 is 12.0 Å². The second-order valence-corrected chi connectivity index (χ2v) is 5.00. The molecule has 1 aliphatic rings. The van der Waals surface area contributed by atoms with E-state index in [4.69, 9.17) is 5.11 Å². The topological polar surface area (TPSA) is 58.0 Å². The summed E-state index contributed by atoms with van der Waals surface area (Å²) >= 11 is 0.708. The van der Waals surface area contributed by atoms with Crippen LogP contribution in [0.3, 0.4) is 0 Å². The van der Waals surface area contributed by atoms with Crippen LogP contribution in [0.2, 0.25) is 0 Å². The summed E-state index contributed by atoms with van der Waals surface area (Å²) in [5, 5.41) is 11.9. The molecule has 96 valence electrons. The zero-order valence-corrected chi connectivity index (χ0v) is 9.74. The minimum absolute atomic E-state index is 0.0405. The van der Waals surface area contributed by atoms with Crippen LogP contribution in [0.5, 0.6) is 0 Å². The highest BCUT2D eigenvalue weighted by Crippen LogP contribution is 2.48. The van der Waals surface area contributed by atoms with E-state index in [-0.39, 0.29) is 17.2 Å². The van der Waals surface area contributed by atoms with Crippen molar-refractivity contribution in [2.45, 2.75) is 25.4 Å². The highest BCUT2D eigenvalue weighted by molar-refractivity contribution is 7.09. The minimum atomic E-state index is -4.49. The van der Waals surface area contributed by atoms with Crippen LogP contribution in [0.1, 0.15) is 25.1 Å². The molecule has 1 fully saturated rings. The lowest BCUT2D eigenvalue weighted by Gasteiger charge is -2.13. The van der Waals surface area contributed by atoms with E-state index in [1.165, 1.54) is 0 Å². The Hall–Kier alpha value is -0.890. The van der Waals surface area contributed by atoms with Gasteiger partial charge in [0.1, 0.15) is 0 Å². The number of aliphatic hydroxyl groups excluding tert-OH is 1. The van der Waals surface area contributed by atoms with Gasteiger partial charge >= 0.3 is 6.18 Å². The molecule has 0 saturated heterocycles. The standard InChI is InChI=1S/C9H12F3N3OS/c10-9(11,12)6-14-7(17-15-6)13-5-8(1-2-8)3-4-16/h16H,1-5H2,(H,13,14,15). The van der Waals surface area contributed by atoms with Gasteiger partial charge in [0, 0.05) is 24.7 Å². The normalized spacial score (nSPS) is 18.1. The van der Waals surface area contributed by atoms with E-state index >= 15 is 0 Å². The average Bonchev–Trinajstić information content (AvgIpc) is 2.82. The van der Waals surface area contributed by atoms with Crippen LogP contribution in [0.15, 0.2) is 0 Å². The van der Waals surface area contributed by atoms with Gasteiger partial charge in [-0.3, -0.25) is 0 Å². The number of nitrogens with zero attached hydrogens (tertiary/aromatic N) is 2. The van der Waals surface area contributed by atoms with E-state index in [0.717, 1.165) is 12.8 Å². The van der Waals surface area contributed by atoms with Crippen molar-refractivity contribution in [2.24, 2.45) is 5.41 Å². The molecule has 2 N–H and O–H groups in total. The summed E-state index contributed by atoms with van der Waals surface area (Å²) in [7, 11) is 0. The number of hydrogen-bond donors (Lipinski definition) is 2. The van der Waals surface area contributed by atoms with Crippen molar-refractivity contribution in [1.29, 1.82) is 0 Å². The monoisotopic (exact) mass is 267 g/mol. The molecule has 0 unspecified atom stereocenters. The summed E-state index contributed by atoms with van der Waals surface area (Å²) in [5.41, 5.74) is 0.0405. The summed E-state index contributed by atoms with van der Waals surface area (Å²) in [4.78, 5) is 3.38. The van der Waals surface area contributed by atoms with Crippen molar-refractivity contribution >= 4 is 16.7 Å². The van der Waals surface area contributed by atoms with Gasteiger partial charge in [0.15, 0.2) is 0 Å². The maximum absolute atomic E-state index is 12.2. The molecule has 1 aromatic heterocycles. The first kappa shape index (κ1) is 12.6. The molecule has 1 saturated carbocycles. The molecule has 1 aliphatic carbocycles. The first-order valence-electron chi connectivity index (χ1n) is 5.21. The lowest BCUT2D eigenvalue weighted by molar-refractivity contribution is -0.144. The molecular weight excluding hydrogens is 255 g/mol. The maximum Gasteiger partial charge on any atom is 0.452 e. The third-order valence-electron chi connectivity index (χ3n) is 2.89. The number of aliphatic hydroxyl groups is 1. The van der Waals surface area contributed by atoms with Crippen molar-refractivity contribution in [2.75, 3.05) is 18.5 Å². The average molecular weight is 267 g/mol. The first-order valence-corrected chi connectivity index (χ1v) is 5.98. The van der Waals surface area contributed by atoms with Crippen LogP contribution in [0.25, 0.3) is 0 Å². The second kappa shape index (κ2) is 4.41. The molecule has 2 rings (SSSR count). The van der Waals surface area contributed by atoms with Gasteiger partial charge in [-0.2, -0.15) is 22.5 Å². The lowest BCUT2D eigenvalue weighted by Crippen LogP contribution is -2.17. The molecular formula is C9H12F3N3OS. The lowest BCUT2D eigenvalue weighted by atomic mass is 10.0. The Balaban J connectivity index is 1.90. The van der Waals surface area contributed by atoms with Gasteiger partial charge in [0.05, 0.1) is 0 Å². The van der Waals surface area contributed by atoms with Gasteiger partial charge in [-0.15, -0.1) is 0 Å². The summed E-state index contributed by atoms with van der Waals surface area (Å²) in [6.45, 7) is 0.644. The predicted molar refractivity (Wildman–Crippen MR) is 56.8 cm³/mol. The predicted octanol–water partition coefficient (Wildman–Crippen LogP) is 2.13. The SMILES string of the molecule is OCCC1(CNc2nc(C(F)(F)F)ns2)CC1. The molecule has 0 aromatic carbocycles. The van der Waals surface area contributed by atoms with Gasteiger partial charge in [0.2, 0.25) is 11.0 Å². The van der Waals surface area contributed by atoms with Gasteiger partial charge in [0.25, 0.3) is 0 Å². The molecule has 4 nitrogen and oxygen atoms in total. The van der Waals surface area contributed by atoms with E-state index in [9.17, 15) is 13.2 Å². The summed E-state index contributed by atoms with van der Waals surface area (Å²) in [6.07, 6.45) is -1.83. The Bertz CT molecular complexity index is 389. The minimum Gasteiger partial charge on any atom is -0.396 e. The number of nitrogens with one attached hydrogen (secondary N) is 1. The zero-order valence-electron chi connectivity index (χ0n) is 8.92. The molecule has 17 heavy (non-hydrogen) atoms. The smallest absolute Gasteiger partial charge is 0.396 e. The Kier molecular flexibility index (Phi) is 3.26. The van der Waals surface area contributed by atoms with E-state index in [2.05, 4.69) is 14.7 Å². The van der Waals surface area contributed by atoms with Crippen LogP contribution in [-0.4, -0.2) is 27.6 Å². The van der Waals surface area contributed by atoms with Crippen LogP contribution < -0.4 is 5.32 Å². The molecule has 8 heteroatoms. The zero-order chi connectivity index (χ0) is 12.5. The van der Waals surface area contributed by atoms with Crippen molar-refractivity contribution in [3.8, 4) is 0 Å². The highest BCUT2D eigenvalue weighted by Gasteiger charge is 2.42. The van der Waals surface area contributed by atoms with Gasteiger partial charge in [-0.05, 0) is 24.7 Å². The molecule has 1 heterocycles. The Morgan fingerprint density at radius 1 is 1.41 bits per heavy atom. The van der Waals surface area contributed by atoms with Crippen molar-refractivity contribution in [3.05, 3.63) is 5.82 Å². The Morgan fingerprint density at radius 3 is 2.59 bits per heavy atom. The largest absolute Gasteiger partial charge is 0.452 e. The molecule has 0 radical (unpaired) electrons. The fraction of sp³-hybridized carbons (Fsp3) is 0.778. The quantitative estimate of drug-likeness (QED) is 0.858. The molecule has 0 amide bonds. The van der Waals surface area contributed by atoms with Crippen LogP contribution >= 0.6 is 11.5 Å².